The van der Waals surface area contributed by atoms with Crippen LogP contribution in [0.5, 0.6) is 0 Å². The number of thioether (sulfide) groups is 1. The van der Waals surface area contributed by atoms with Gasteiger partial charge in [0.2, 0.25) is 0 Å². The molecular weight excluding hydrogens is 396 g/mol. The van der Waals surface area contributed by atoms with Gasteiger partial charge in [0.1, 0.15) is 54.3 Å². The molecule has 10 atom stereocenters. The minimum absolute atomic E-state index is 0.391. The molecule has 5 N–H and O–H groups in total. The zero-order chi connectivity index (χ0) is 20.6. The number of ether oxygens (including phenoxy) is 5. The molecule has 3 aliphatic rings. The van der Waals surface area contributed by atoms with Gasteiger partial charge in [-0.3, -0.25) is 0 Å². The van der Waals surface area contributed by atoms with Gasteiger partial charge >= 0.3 is 0 Å². The molecule has 0 saturated carbocycles. The van der Waals surface area contributed by atoms with Crippen LogP contribution in [-0.4, -0.2) is 111 Å². The molecule has 11 heteroatoms. The third kappa shape index (κ3) is 4.35. The van der Waals surface area contributed by atoms with E-state index in [2.05, 4.69) is 0 Å². The highest BCUT2D eigenvalue weighted by Gasteiger charge is 2.56. The molecule has 0 spiro atoms. The Bertz CT molecular complexity index is 520. The van der Waals surface area contributed by atoms with Crippen molar-refractivity contribution in [3.05, 3.63) is 0 Å². The van der Waals surface area contributed by atoms with E-state index in [1.807, 2.05) is 6.92 Å². The van der Waals surface area contributed by atoms with Crippen LogP contribution in [0.1, 0.15) is 20.8 Å². The lowest BCUT2D eigenvalue weighted by Gasteiger charge is -2.45. The number of hydrogen-bond donors (Lipinski definition) is 5. The lowest BCUT2D eigenvalue weighted by Crippen LogP contribution is -2.63. The molecule has 0 radical (unpaired) electrons. The summed E-state index contributed by atoms with van der Waals surface area (Å²) in [5.74, 6) is -0.319. The molecule has 0 bridgehead atoms. The third-order valence-corrected chi connectivity index (χ3v) is 6.13. The monoisotopic (exact) mass is 426 g/mol. The van der Waals surface area contributed by atoms with E-state index in [9.17, 15) is 25.5 Å². The Labute approximate surface area is 167 Å². The van der Waals surface area contributed by atoms with E-state index < -0.39 is 79.6 Å². The Hall–Kier alpha value is -0.0500. The molecule has 0 aromatic rings. The number of rotatable bonds is 6. The minimum Gasteiger partial charge on any atom is -0.394 e. The summed E-state index contributed by atoms with van der Waals surface area (Å²) in [7, 11) is 0. The second kappa shape index (κ2) is 8.98. The van der Waals surface area contributed by atoms with Crippen molar-refractivity contribution in [1.82, 2.24) is 0 Å². The summed E-state index contributed by atoms with van der Waals surface area (Å²) >= 11 is 1.30. The highest BCUT2D eigenvalue weighted by atomic mass is 32.2. The summed E-state index contributed by atoms with van der Waals surface area (Å²) < 4.78 is 28.5. The molecule has 10 unspecified atom stereocenters. The predicted molar refractivity (Wildman–Crippen MR) is 96.3 cm³/mol. The first-order valence-electron chi connectivity index (χ1n) is 9.42. The Morgan fingerprint density at radius 3 is 2.14 bits per heavy atom. The topological polar surface area (TPSA) is 147 Å². The molecule has 164 valence electrons. The van der Waals surface area contributed by atoms with Crippen molar-refractivity contribution in [3.63, 3.8) is 0 Å². The van der Waals surface area contributed by atoms with Crippen molar-refractivity contribution < 1.29 is 49.2 Å². The van der Waals surface area contributed by atoms with E-state index in [0.717, 1.165) is 0 Å². The van der Waals surface area contributed by atoms with E-state index in [-0.39, 0.29) is 0 Å². The summed E-state index contributed by atoms with van der Waals surface area (Å²) in [5.41, 5.74) is -0.712. The number of fused-ring (bicyclic) bond motifs is 1. The molecule has 0 aromatic carbocycles. The quantitative estimate of drug-likeness (QED) is 0.326. The Morgan fingerprint density at radius 2 is 1.54 bits per heavy atom. The van der Waals surface area contributed by atoms with Crippen LogP contribution < -0.4 is 0 Å². The van der Waals surface area contributed by atoms with Gasteiger partial charge in [-0.05, 0) is 19.6 Å². The van der Waals surface area contributed by atoms with E-state index in [1.165, 1.54) is 11.8 Å². The highest BCUT2D eigenvalue weighted by Crippen LogP contribution is 2.39. The summed E-state index contributed by atoms with van der Waals surface area (Å²) in [6.07, 6.45) is -9.57. The minimum atomic E-state index is -1.37. The molecule has 28 heavy (non-hydrogen) atoms. The van der Waals surface area contributed by atoms with Crippen LogP contribution in [0.3, 0.4) is 0 Å². The fourth-order valence-electron chi connectivity index (χ4n) is 3.79. The fourth-order valence-corrected chi connectivity index (χ4v) is 4.70. The lowest BCUT2D eigenvalue weighted by molar-refractivity contribution is -0.327. The number of aliphatic hydroxyl groups excluding tert-OH is 5. The number of hydrogen-bond acceptors (Lipinski definition) is 11. The fraction of sp³-hybridized carbons (Fsp3) is 1.00. The van der Waals surface area contributed by atoms with E-state index in [4.69, 9.17) is 23.7 Å². The largest absolute Gasteiger partial charge is 0.394 e. The van der Waals surface area contributed by atoms with Gasteiger partial charge < -0.3 is 49.2 Å². The smallest absolute Gasteiger partial charge is 0.187 e. The predicted octanol–water partition coefficient (Wildman–Crippen LogP) is -1.84. The Morgan fingerprint density at radius 1 is 0.893 bits per heavy atom. The van der Waals surface area contributed by atoms with Crippen LogP contribution in [0.4, 0.5) is 0 Å². The Balaban J connectivity index is 1.74. The molecule has 10 nitrogen and oxygen atoms in total. The van der Waals surface area contributed by atoms with Crippen LogP contribution in [-0.2, 0) is 23.7 Å². The van der Waals surface area contributed by atoms with Crippen LogP contribution >= 0.6 is 11.8 Å². The first-order valence-corrected chi connectivity index (χ1v) is 10.5. The van der Waals surface area contributed by atoms with E-state index in [1.54, 1.807) is 13.8 Å². The third-order valence-electron chi connectivity index (χ3n) is 5.08. The highest BCUT2D eigenvalue weighted by molar-refractivity contribution is 7.99. The molecule has 0 amide bonds. The van der Waals surface area contributed by atoms with Gasteiger partial charge in [-0.2, -0.15) is 0 Å². The van der Waals surface area contributed by atoms with Crippen LogP contribution in [0.25, 0.3) is 0 Å². The van der Waals surface area contributed by atoms with Crippen LogP contribution in [0.15, 0.2) is 0 Å². The van der Waals surface area contributed by atoms with Gasteiger partial charge in [-0.25, -0.2) is 0 Å². The summed E-state index contributed by atoms with van der Waals surface area (Å²) in [6.45, 7) is 4.40. The average molecular weight is 426 g/mol. The Kier molecular flexibility index (Phi) is 7.26. The van der Waals surface area contributed by atoms with E-state index >= 15 is 0 Å². The molecule has 3 heterocycles. The van der Waals surface area contributed by atoms with Gasteiger partial charge in [0.15, 0.2) is 12.1 Å². The maximum absolute atomic E-state index is 10.7. The molecule has 0 aromatic heterocycles. The zero-order valence-corrected chi connectivity index (χ0v) is 16.9. The van der Waals surface area contributed by atoms with Crippen molar-refractivity contribution in [2.45, 2.75) is 87.1 Å². The zero-order valence-electron chi connectivity index (χ0n) is 16.1. The first kappa shape index (κ1) is 22.6. The maximum Gasteiger partial charge on any atom is 0.187 e. The molecule has 0 aliphatic carbocycles. The van der Waals surface area contributed by atoms with Gasteiger partial charge in [-0.15, -0.1) is 11.8 Å². The second-order valence-electron chi connectivity index (χ2n) is 7.54. The van der Waals surface area contributed by atoms with Crippen molar-refractivity contribution in [2.75, 3.05) is 19.0 Å². The van der Waals surface area contributed by atoms with Crippen molar-refractivity contribution >= 4 is 11.8 Å². The normalized spacial score (nSPS) is 48.4. The van der Waals surface area contributed by atoms with Crippen LogP contribution in [0.2, 0.25) is 0 Å². The maximum atomic E-state index is 10.7. The van der Waals surface area contributed by atoms with Gasteiger partial charge in [0, 0.05) is 0 Å². The first-order chi connectivity index (χ1) is 13.2. The molecule has 3 saturated heterocycles. The van der Waals surface area contributed by atoms with Crippen LogP contribution in [0, 0.1) is 0 Å². The van der Waals surface area contributed by atoms with E-state index in [0.29, 0.717) is 5.75 Å². The standard InChI is InChI=1S/C17H30O10S/c1-4-28-16-10(21)9(20)12(7(5-18)24-16)25-15-11(22)14-13(8(6-19)23-15)26-17(2,3)27-14/h7-16,18-22H,4-6H2,1-3H3. The summed E-state index contributed by atoms with van der Waals surface area (Å²) in [5, 5.41) is 50.8. The van der Waals surface area contributed by atoms with Gasteiger partial charge in [0.25, 0.3) is 0 Å². The molecule has 3 aliphatic heterocycles. The molecule has 3 fully saturated rings. The van der Waals surface area contributed by atoms with Crippen molar-refractivity contribution in [2.24, 2.45) is 0 Å². The van der Waals surface area contributed by atoms with Gasteiger partial charge in [-0.1, -0.05) is 6.92 Å². The average Bonchev–Trinajstić information content (AvgIpc) is 2.99. The lowest BCUT2D eigenvalue weighted by atomic mass is 9.97. The second-order valence-corrected chi connectivity index (χ2v) is 8.92. The SMILES string of the molecule is CCSC1OC(CO)C(OC2OC(CO)C3OC(C)(C)OC3C2O)C(O)C1O. The molecule has 3 rings (SSSR count). The van der Waals surface area contributed by atoms with Crippen molar-refractivity contribution in [1.29, 1.82) is 0 Å². The summed E-state index contributed by atoms with van der Waals surface area (Å²) in [6, 6.07) is 0. The van der Waals surface area contributed by atoms with Crippen molar-refractivity contribution in [3.8, 4) is 0 Å². The number of aliphatic hydroxyl groups is 5. The molecular formula is C17H30O10S. The van der Waals surface area contributed by atoms with Gasteiger partial charge in [0.05, 0.1) is 13.2 Å². The summed E-state index contributed by atoms with van der Waals surface area (Å²) in [4.78, 5) is 0.